The number of hydrogen-bond donors (Lipinski definition) is 1. The van der Waals surface area contributed by atoms with Crippen molar-refractivity contribution in [3.63, 3.8) is 0 Å². The van der Waals surface area contributed by atoms with Crippen molar-refractivity contribution in [3.05, 3.63) is 64.2 Å². The van der Waals surface area contributed by atoms with Crippen LogP contribution in [0.4, 0.5) is 16.2 Å². The Morgan fingerprint density at radius 3 is 2.29 bits per heavy atom. The summed E-state index contributed by atoms with van der Waals surface area (Å²) >= 11 is 0. The van der Waals surface area contributed by atoms with Crippen molar-refractivity contribution in [2.45, 2.75) is 4.90 Å². The molecule has 2 aromatic rings. The molecule has 0 saturated carbocycles. The van der Waals surface area contributed by atoms with Gasteiger partial charge in [0.25, 0.3) is 5.69 Å². The molecular formula is C19H20N4O7S. The Morgan fingerprint density at radius 1 is 1.03 bits per heavy atom. The lowest BCUT2D eigenvalue weighted by Gasteiger charge is -2.34. The van der Waals surface area contributed by atoms with Crippen LogP contribution in [0.1, 0.15) is 10.4 Å². The van der Waals surface area contributed by atoms with Gasteiger partial charge in [-0.2, -0.15) is 4.31 Å². The summed E-state index contributed by atoms with van der Waals surface area (Å²) in [4.78, 5) is 35.9. The summed E-state index contributed by atoms with van der Waals surface area (Å²) in [5, 5.41) is 13.8. The van der Waals surface area contributed by atoms with Gasteiger partial charge in [-0.05, 0) is 18.2 Å². The van der Waals surface area contributed by atoms with E-state index < -0.39 is 32.6 Å². The number of anilines is 1. The molecule has 3 rings (SSSR count). The molecule has 0 aliphatic carbocycles. The van der Waals surface area contributed by atoms with E-state index >= 15 is 0 Å². The Morgan fingerprint density at radius 2 is 1.65 bits per heavy atom. The standard InChI is InChI=1S/C19H20N4O7S/c1-30-18(24)14-6-2-3-7-15(14)20-19(25)21-10-12-22(13-11-21)31(28,29)17-9-5-4-8-16(17)23(26)27/h2-9H,10-13H2,1H3,(H,20,25). The molecule has 1 N–H and O–H groups in total. The molecule has 1 fully saturated rings. The Labute approximate surface area is 178 Å². The highest BCUT2D eigenvalue weighted by Gasteiger charge is 2.34. The zero-order valence-electron chi connectivity index (χ0n) is 16.6. The molecule has 11 nitrogen and oxygen atoms in total. The van der Waals surface area contributed by atoms with Crippen molar-refractivity contribution in [2.75, 3.05) is 38.6 Å². The second kappa shape index (κ2) is 9.10. The van der Waals surface area contributed by atoms with Gasteiger partial charge in [-0.1, -0.05) is 24.3 Å². The molecule has 31 heavy (non-hydrogen) atoms. The number of benzene rings is 2. The number of methoxy groups -OCH3 is 1. The van der Waals surface area contributed by atoms with E-state index in [0.717, 1.165) is 10.4 Å². The van der Waals surface area contributed by atoms with Gasteiger partial charge in [-0.3, -0.25) is 10.1 Å². The fourth-order valence-corrected chi connectivity index (χ4v) is 4.75. The Hall–Kier alpha value is -3.51. The number of urea groups is 1. The number of nitro benzene ring substituents is 1. The molecule has 1 heterocycles. The number of esters is 1. The molecule has 0 aromatic heterocycles. The lowest BCUT2D eigenvalue weighted by Crippen LogP contribution is -2.51. The van der Waals surface area contributed by atoms with Crippen molar-refractivity contribution < 1.29 is 27.7 Å². The van der Waals surface area contributed by atoms with Gasteiger partial charge in [-0.15, -0.1) is 0 Å². The molecule has 1 aliphatic heterocycles. The normalized spacial score (nSPS) is 14.7. The second-order valence-electron chi connectivity index (χ2n) is 6.58. The fourth-order valence-electron chi connectivity index (χ4n) is 3.17. The van der Waals surface area contributed by atoms with Gasteiger partial charge in [0.05, 0.1) is 23.3 Å². The summed E-state index contributed by atoms with van der Waals surface area (Å²) in [6.07, 6.45) is 0. The number of nitrogens with zero attached hydrogens (tertiary/aromatic N) is 3. The number of para-hydroxylation sites is 2. The van der Waals surface area contributed by atoms with E-state index in [1.807, 2.05) is 0 Å². The number of hydrogen-bond acceptors (Lipinski definition) is 7. The van der Waals surface area contributed by atoms with E-state index in [0.29, 0.717) is 0 Å². The van der Waals surface area contributed by atoms with Crippen LogP contribution in [0.2, 0.25) is 0 Å². The maximum atomic E-state index is 12.9. The van der Waals surface area contributed by atoms with Crippen molar-refractivity contribution in [1.82, 2.24) is 9.21 Å². The minimum atomic E-state index is -4.09. The Bertz CT molecular complexity index is 1110. The van der Waals surface area contributed by atoms with Crippen LogP contribution in [0, 0.1) is 10.1 Å². The van der Waals surface area contributed by atoms with E-state index in [1.165, 1.54) is 36.3 Å². The predicted octanol–water partition coefficient (Wildman–Crippen LogP) is 1.92. The highest BCUT2D eigenvalue weighted by molar-refractivity contribution is 7.89. The number of nitrogens with one attached hydrogen (secondary N) is 1. The van der Waals surface area contributed by atoms with Gasteiger partial charge in [0.1, 0.15) is 0 Å². The minimum absolute atomic E-state index is 0.0273. The van der Waals surface area contributed by atoms with Gasteiger partial charge < -0.3 is 15.0 Å². The van der Waals surface area contributed by atoms with Crippen LogP contribution in [-0.2, 0) is 14.8 Å². The number of rotatable bonds is 5. The maximum Gasteiger partial charge on any atom is 0.339 e. The van der Waals surface area contributed by atoms with E-state index in [9.17, 15) is 28.1 Å². The Balaban J connectivity index is 1.70. The first-order valence-corrected chi connectivity index (χ1v) is 10.7. The topological polar surface area (TPSA) is 139 Å². The van der Waals surface area contributed by atoms with Crippen molar-refractivity contribution in [2.24, 2.45) is 0 Å². The number of ether oxygens (including phenoxy) is 1. The number of sulfonamides is 1. The van der Waals surface area contributed by atoms with E-state index in [4.69, 9.17) is 4.74 Å². The van der Waals surface area contributed by atoms with Gasteiger partial charge in [0, 0.05) is 32.2 Å². The van der Waals surface area contributed by atoms with Gasteiger partial charge in [0.2, 0.25) is 10.0 Å². The highest BCUT2D eigenvalue weighted by atomic mass is 32.2. The molecule has 0 radical (unpaired) electrons. The molecule has 164 valence electrons. The summed E-state index contributed by atoms with van der Waals surface area (Å²) in [5.41, 5.74) is -0.0349. The third-order valence-corrected chi connectivity index (χ3v) is 6.73. The zero-order chi connectivity index (χ0) is 22.6. The van der Waals surface area contributed by atoms with E-state index in [2.05, 4.69) is 5.32 Å². The number of carbonyl (C=O) groups is 2. The molecule has 2 aromatic carbocycles. The zero-order valence-corrected chi connectivity index (χ0v) is 17.4. The predicted molar refractivity (Wildman–Crippen MR) is 110 cm³/mol. The average molecular weight is 448 g/mol. The van der Waals surface area contributed by atoms with Crippen LogP contribution in [0.5, 0.6) is 0 Å². The first-order chi connectivity index (χ1) is 14.8. The molecule has 1 saturated heterocycles. The molecule has 2 amide bonds. The summed E-state index contributed by atoms with van der Waals surface area (Å²) in [6, 6.07) is 11.0. The van der Waals surface area contributed by atoms with Gasteiger partial charge in [-0.25, -0.2) is 18.0 Å². The summed E-state index contributed by atoms with van der Waals surface area (Å²) < 4.78 is 31.6. The molecule has 0 spiro atoms. The van der Waals surface area contributed by atoms with Crippen molar-refractivity contribution in [3.8, 4) is 0 Å². The third kappa shape index (κ3) is 4.64. The van der Waals surface area contributed by atoms with Crippen molar-refractivity contribution >= 4 is 33.4 Å². The number of amides is 2. The van der Waals surface area contributed by atoms with E-state index in [-0.39, 0.29) is 42.3 Å². The van der Waals surface area contributed by atoms with Gasteiger partial charge in [0.15, 0.2) is 4.90 Å². The molecule has 1 aliphatic rings. The smallest absolute Gasteiger partial charge is 0.339 e. The van der Waals surface area contributed by atoms with Gasteiger partial charge >= 0.3 is 12.0 Å². The van der Waals surface area contributed by atoms with Crippen LogP contribution in [0.15, 0.2) is 53.4 Å². The quantitative estimate of drug-likeness (QED) is 0.419. The third-order valence-electron chi connectivity index (χ3n) is 4.78. The van der Waals surface area contributed by atoms with Crippen molar-refractivity contribution in [1.29, 1.82) is 0 Å². The first-order valence-electron chi connectivity index (χ1n) is 9.22. The van der Waals surface area contributed by atoms with Crippen LogP contribution in [0.3, 0.4) is 0 Å². The SMILES string of the molecule is COC(=O)c1ccccc1NC(=O)N1CCN(S(=O)(=O)c2ccccc2[N+](=O)[O-])CC1. The summed E-state index contributed by atoms with van der Waals surface area (Å²) in [7, 11) is -2.86. The molecule has 0 atom stereocenters. The average Bonchev–Trinajstić information content (AvgIpc) is 2.79. The van der Waals surface area contributed by atoms with Crippen LogP contribution in [-0.4, -0.2) is 67.8 Å². The summed E-state index contributed by atoms with van der Waals surface area (Å²) in [6.45, 7) is 0.0963. The molecular weight excluding hydrogens is 428 g/mol. The monoisotopic (exact) mass is 448 g/mol. The van der Waals surface area contributed by atoms with Crippen LogP contribution >= 0.6 is 0 Å². The highest BCUT2D eigenvalue weighted by Crippen LogP contribution is 2.27. The summed E-state index contributed by atoms with van der Waals surface area (Å²) in [5.74, 6) is -0.601. The first kappa shape index (κ1) is 22.2. The number of carbonyl (C=O) groups excluding carboxylic acids is 2. The van der Waals surface area contributed by atoms with Crippen LogP contribution in [0.25, 0.3) is 0 Å². The number of piperazine rings is 1. The molecule has 0 bridgehead atoms. The molecule has 12 heteroatoms. The van der Waals surface area contributed by atoms with E-state index in [1.54, 1.807) is 18.2 Å². The Kier molecular flexibility index (Phi) is 6.51. The van der Waals surface area contributed by atoms with Crippen LogP contribution < -0.4 is 5.32 Å². The second-order valence-corrected chi connectivity index (χ2v) is 8.49. The lowest BCUT2D eigenvalue weighted by atomic mass is 10.2. The minimum Gasteiger partial charge on any atom is -0.465 e. The fraction of sp³-hybridized carbons (Fsp3) is 0.263. The maximum absolute atomic E-state index is 12.9. The lowest BCUT2D eigenvalue weighted by molar-refractivity contribution is -0.387. The number of nitro groups is 1. The largest absolute Gasteiger partial charge is 0.465 e. The molecule has 0 unspecified atom stereocenters.